The molecule has 0 saturated carbocycles. The van der Waals surface area contributed by atoms with Crippen molar-refractivity contribution in [3.05, 3.63) is 36.0 Å². The topological polar surface area (TPSA) is 112 Å². The van der Waals surface area contributed by atoms with Gasteiger partial charge in [0.2, 0.25) is 5.91 Å². The number of carbonyl (C=O) groups excluding carboxylic acids is 2. The van der Waals surface area contributed by atoms with Crippen molar-refractivity contribution < 1.29 is 24.2 Å². The maximum atomic E-state index is 12.8. The number of rotatable bonds is 5. The molecule has 156 valence electrons. The van der Waals surface area contributed by atoms with Gasteiger partial charge in [-0.15, -0.1) is 0 Å². The van der Waals surface area contributed by atoms with E-state index in [1.165, 1.54) is 4.90 Å². The van der Waals surface area contributed by atoms with E-state index in [1.54, 1.807) is 27.0 Å². The number of carboxylic acids is 1. The second kappa shape index (κ2) is 8.14. The number of aliphatic carboxylic acids is 1. The maximum Gasteiger partial charge on any atom is 0.410 e. The molecule has 8 nitrogen and oxygen atoms in total. The second-order valence-corrected chi connectivity index (χ2v) is 8.29. The number of benzene rings is 1. The first-order valence-electron chi connectivity index (χ1n) is 9.73. The summed E-state index contributed by atoms with van der Waals surface area (Å²) in [5.41, 5.74) is 1.05. The first-order chi connectivity index (χ1) is 13.7. The minimum absolute atomic E-state index is 0.143. The number of hydrogen-bond acceptors (Lipinski definition) is 4. The minimum Gasteiger partial charge on any atom is -0.480 e. The zero-order valence-electron chi connectivity index (χ0n) is 16.9. The zero-order chi connectivity index (χ0) is 21.2. The Labute approximate surface area is 169 Å². The number of fused-ring (bicyclic) bond motifs is 1. The lowest BCUT2D eigenvalue weighted by molar-refractivity contribution is -0.142. The Balaban J connectivity index is 1.70. The van der Waals surface area contributed by atoms with Gasteiger partial charge in [-0.05, 0) is 45.2 Å². The van der Waals surface area contributed by atoms with Crippen molar-refractivity contribution in [2.45, 2.75) is 57.7 Å². The van der Waals surface area contributed by atoms with Crippen LogP contribution in [0, 0.1) is 0 Å². The molecule has 1 saturated heterocycles. The van der Waals surface area contributed by atoms with E-state index in [4.69, 9.17) is 4.74 Å². The largest absolute Gasteiger partial charge is 0.480 e. The monoisotopic (exact) mass is 401 g/mol. The number of carbonyl (C=O) groups is 3. The molecule has 0 radical (unpaired) electrons. The molecule has 1 aromatic carbocycles. The summed E-state index contributed by atoms with van der Waals surface area (Å²) in [6.07, 6.45) is 2.49. The van der Waals surface area contributed by atoms with Gasteiger partial charge in [0.25, 0.3) is 0 Å². The molecule has 0 spiro atoms. The number of ether oxygens (including phenoxy) is 1. The Morgan fingerprint density at radius 2 is 2.03 bits per heavy atom. The van der Waals surface area contributed by atoms with Crippen LogP contribution in [-0.4, -0.2) is 57.2 Å². The number of para-hydroxylation sites is 1. The highest BCUT2D eigenvalue weighted by molar-refractivity contribution is 5.90. The Kier molecular flexibility index (Phi) is 5.81. The molecule has 1 aliphatic rings. The normalized spacial score (nSPS) is 17.9. The summed E-state index contributed by atoms with van der Waals surface area (Å²) in [4.78, 5) is 41.5. The quantitative estimate of drug-likeness (QED) is 0.713. The van der Waals surface area contributed by atoms with Gasteiger partial charge in [0.1, 0.15) is 17.7 Å². The van der Waals surface area contributed by atoms with Gasteiger partial charge in [0.15, 0.2) is 0 Å². The summed E-state index contributed by atoms with van der Waals surface area (Å²) >= 11 is 0. The van der Waals surface area contributed by atoms with Crippen LogP contribution in [0.4, 0.5) is 4.79 Å². The van der Waals surface area contributed by atoms with Crippen LogP contribution < -0.4 is 5.32 Å². The van der Waals surface area contributed by atoms with E-state index in [1.807, 2.05) is 24.3 Å². The number of aromatic nitrogens is 1. The lowest BCUT2D eigenvalue weighted by Crippen LogP contribution is -2.52. The van der Waals surface area contributed by atoms with Crippen molar-refractivity contribution in [2.75, 3.05) is 6.54 Å². The van der Waals surface area contributed by atoms with Gasteiger partial charge in [0, 0.05) is 30.1 Å². The Hall–Kier alpha value is -3.03. The molecular weight excluding hydrogens is 374 g/mol. The van der Waals surface area contributed by atoms with Gasteiger partial charge in [-0.2, -0.15) is 0 Å². The molecule has 1 fully saturated rings. The standard InChI is InChI=1S/C21H27N3O5/c1-21(2,3)29-20(28)24-10-6-9-17(24)18(25)23-16(19(26)27)11-13-12-22-15-8-5-4-7-14(13)15/h4-5,7-8,12,16-17,22H,6,9-11H2,1-3H3,(H,23,25)(H,26,27)/t16?,17-/m0/s1. The van der Waals surface area contributed by atoms with E-state index in [9.17, 15) is 19.5 Å². The van der Waals surface area contributed by atoms with Crippen LogP contribution in [-0.2, 0) is 20.7 Å². The molecule has 2 heterocycles. The van der Waals surface area contributed by atoms with Crippen LogP contribution in [0.25, 0.3) is 10.9 Å². The van der Waals surface area contributed by atoms with Crippen molar-refractivity contribution in [2.24, 2.45) is 0 Å². The van der Waals surface area contributed by atoms with Crippen LogP contribution >= 0.6 is 0 Å². The van der Waals surface area contributed by atoms with Gasteiger partial charge in [-0.25, -0.2) is 9.59 Å². The van der Waals surface area contributed by atoms with Crippen LogP contribution in [0.5, 0.6) is 0 Å². The lowest BCUT2D eigenvalue weighted by atomic mass is 10.0. The van der Waals surface area contributed by atoms with E-state index < -0.39 is 35.7 Å². The fraction of sp³-hybridized carbons (Fsp3) is 0.476. The molecule has 2 amide bonds. The number of amides is 2. The molecular formula is C21H27N3O5. The highest BCUT2D eigenvalue weighted by Crippen LogP contribution is 2.22. The van der Waals surface area contributed by atoms with Gasteiger partial charge < -0.3 is 20.1 Å². The first-order valence-corrected chi connectivity index (χ1v) is 9.73. The van der Waals surface area contributed by atoms with E-state index in [0.29, 0.717) is 19.4 Å². The fourth-order valence-corrected chi connectivity index (χ4v) is 3.57. The van der Waals surface area contributed by atoms with Crippen LogP contribution in [0.2, 0.25) is 0 Å². The second-order valence-electron chi connectivity index (χ2n) is 8.29. The van der Waals surface area contributed by atoms with Crippen molar-refractivity contribution in [1.82, 2.24) is 15.2 Å². The summed E-state index contributed by atoms with van der Waals surface area (Å²) in [7, 11) is 0. The van der Waals surface area contributed by atoms with E-state index >= 15 is 0 Å². The number of nitrogens with zero attached hydrogens (tertiary/aromatic N) is 1. The van der Waals surface area contributed by atoms with Crippen LogP contribution in [0.15, 0.2) is 30.5 Å². The summed E-state index contributed by atoms with van der Waals surface area (Å²) < 4.78 is 5.37. The Morgan fingerprint density at radius 1 is 1.31 bits per heavy atom. The molecule has 29 heavy (non-hydrogen) atoms. The Morgan fingerprint density at radius 3 is 2.72 bits per heavy atom. The summed E-state index contributed by atoms with van der Waals surface area (Å²) in [6, 6.07) is 5.76. The summed E-state index contributed by atoms with van der Waals surface area (Å²) in [5, 5.41) is 13.2. The maximum absolute atomic E-state index is 12.8. The molecule has 3 N–H and O–H groups in total. The number of H-pyrrole nitrogens is 1. The summed E-state index contributed by atoms with van der Waals surface area (Å²) in [5.74, 6) is -1.59. The van der Waals surface area contributed by atoms with E-state index in [2.05, 4.69) is 10.3 Å². The average molecular weight is 401 g/mol. The third-order valence-electron chi connectivity index (χ3n) is 4.90. The average Bonchev–Trinajstić information content (AvgIpc) is 3.27. The van der Waals surface area contributed by atoms with Crippen molar-refractivity contribution in [3.8, 4) is 0 Å². The van der Waals surface area contributed by atoms with Gasteiger partial charge >= 0.3 is 12.1 Å². The summed E-state index contributed by atoms with van der Waals surface area (Å²) in [6.45, 7) is 5.69. The third kappa shape index (κ3) is 4.88. The van der Waals surface area contributed by atoms with Crippen LogP contribution in [0.3, 0.4) is 0 Å². The molecule has 8 heteroatoms. The first kappa shape index (κ1) is 20.7. The van der Waals surface area contributed by atoms with Crippen molar-refractivity contribution in [3.63, 3.8) is 0 Å². The molecule has 3 rings (SSSR count). The number of hydrogen-bond donors (Lipinski definition) is 3. The van der Waals surface area contributed by atoms with E-state index in [-0.39, 0.29) is 6.42 Å². The highest BCUT2D eigenvalue weighted by atomic mass is 16.6. The predicted molar refractivity (Wildman–Crippen MR) is 108 cm³/mol. The molecule has 0 bridgehead atoms. The molecule has 1 aromatic heterocycles. The molecule has 2 atom stereocenters. The van der Waals surface area contributed by atoms with Gasteiger partial charge in [-0.1, -0.05) is 18.2 Å². The van der Waals surface area contributed by atoms with Gasteiger partial charge in [0.05, 0.1) is 0 Å². The Bertz CT molecular complexity index is 914. The number of likely N-dealkylation sites (tertiary alicyclic amines) is 1. The SMILES string of the molecule is CC(C)(C)OC(=O)N1CCC[C@H]1C(=O)NC(Cc1c[nH]c2ccccc12)C(=O)O. The minimum atomic E-state index is -1.12. The molecule has 1 unspecified atom stereocenters. The highest BCUT2D eigenvalue weighted by Gasteiger charge is 2.38. The lowest BCUT2D eigenvalue weighted by Gasteiger charge is -2.28. The number of carboxylic acid groups (broad SMARTS) is 1. The molecule has 1 aliphatic heterocycles. The smallest absolute Gasteiger partial charge is 0.410 e. The zero-order valence-corrected chi connectivity index (χ0v) is 16.9. The molecule has 0 aliphatic carbocycles. The number of aromatic amines is 1. The fourth-order valence-electron chi connectivity index (χ4n) is 3.57. The van der Waals surface area contributed by atoms with Crippen LogP contribution in [0.1, 0.15) is 39.2 Å². The van der Waals surface area contributed by atoms with Gasteiger partial charge in [-0.3, -0.25) is 9.69 Å². The molecule has 2 aromatic rings. The third-order valence-corrected chi connectivity index (χ3v) is 4.90. The predicted octanol–water partition coefficient (Wildman–Crippen LogP) is 2.68. The number of nitrogens with one attached hydrogen (secondary N) is 2. The van der Waals surface area contributed by atoms with Crippen molar-refractivity contribution >= 4 is 28.9 Å². The van der Waals surface area contributed by atoms with E-state index in [0.717, 1.165) is 16.5 Å². The van der Waals surface area contributed by atoms with Crippen molar-refractivity contribution in [1.29, 1.82) is 0 Å².